The van der Waals surface area contributed by atoms with Gasteiger partial charge in [0.05, 0.1) is 0 Å². The van der Waals surface area contributed by atoms with Crippen molar-refractivity contribution in [3.63, 3.8) is 0 Å². The number of rotatable bonds is 6. The number of anilines is 4. The van der Waals surface area contributed by atoms with Crippen LogP contribution in [-0.4, -0.2) is 35.8 Å². The van der Waals surface area contributed by atoms with Crippen molar-refractivity contribution >= 4 is 39.1 Å². The van der Waals surface area contributed by atoms with Crippen molar-refractivity contribution in [1.82, 2.24) is 19.9 Å². The quantitative estimate of drug-likeness (QED) is 0.449. The Morgan fingerprint density at radius 3 is 0.963 bits per heavy atom. The van der Waals surface area contributed by atoms with E-state index in [0.717, 1.165) is 23.3 Å². The molecule has 4 aromatic rings. The Labute approximate surface area is 164 Å². The Bertz CT molecular complexity index is 795. The van der Waals surface area contributed by atoms with E-state index in [-0.39, 0.29) is 0 Å². The molecule has 0 unspecified atom stereocenters. The van der Waals surface area contributed by atoms with E-state index >= 15 is 0 Å². The van der Waals surface area contributed by atoms with Gasteiger partial charge in [-0.25, -0.2) is 0 Å². The first-order valence-corrected chi connectivity index (χ1v) is 10.3. The van der Waals surface area contributed by atoms with Gasteiger partial charge in [0, 0.05) is 0 Å². The van der Waals surface area contributed by atoms with Gasteiger partial charge in [-0.2, -0.15) is 0 Å². The van der Waals surface area contributed by atoms with Crippen LogP contribution in [0, 0.1) is 0 Å². The molecular weight excluding hydrogens is 397 g/mol. The first-order valence-electron chi connectivity index (χ1n) is 8.42. The second kappa shape index (κ2) is 8.42. The maximum absolute atomic E-state index is 4.55. The predicted octanol–water partition coefficient (Wildman–Crippen LogP) is 3.78. The number of pyridine rings is 4. The zero-order valence-corrected chi connectivity index (χ0v) is 16.5. The molecule has 0 aliphatic carbocycles. The molecule has 0 saturated carbocycles. The van der Waals surface area contributed by atoms with E-state index in [0.29, 0.717) is 0 Å². The van der Waals surface area contributed by atoms with Crippen molar-refractivity contribution in [1.29, 1.82) is 0 Å². The molecule has 0 N–H and O–H groups in total. The minimum atomic E-state index is -0.977. The molecule has 0 aliphatic heterocycles. The number of hydrogen-bond donors (Lipinski definition) is 0. The summed E-state index contributed by atoms with van der Waals surface area (Å²) in [7, 11) is 0. The summed E-state index contributed by atoms with van der Waals surface area (Å²) in [6, 6.07) is 23.6. The van der Waals surface area contributed by atoms with Crippen LogP contribution in [0.25, 0.3) is 0 Å². The summed E-state index contributed by atoms with van der Waals surface area (Å²) in [5.74, 6) is 3.42. The Hall–Kier alpha value is -3.26. The molecule has 0 aliphatic rings. The Kier molecular flexibility index (Phi) is 5.35. The van der Waals surface area contributed by atoms with E-state index in [9.17, 15) is 0 Å². The number of hydrogen-bond acceptors (Lipinski definition) is 6. The molecule has 4 rings (SSSR count). The summed E-state index contributed by atoms with van der Waals surface area (Å²) in [6.07, 6.45) is 7.18. The zero-order chi connectivity index (χ0) is 18.3. The van der Waals surface area contributed by atoms with Crippen LogP contribution >= 0.6 is 0 Å². The van der Waals surface area contributed by atoms with Gasteiger partial charge in [0.2, 0.25) is 0 Å². The van der Waals surface area contributed by atoms with E-state index in [1.165, 1.54) is 0 Å². The molecule has 7 heteroatoms. The van der Waals surface area contributed by atoms with E-state index < -0.39 is 15.9 Å². The summed E-state index contributed by atoms with van der Waals surface area (Å²) in [5.41, 5.74) is 0. The molecule has 4 heterocycles. The van der Waals surface area contributed by atoms with E-state index in [4.69, 9.17) is 0 Å². The second-order valence-corrected chi connectivity index (χ2v) is 7.82. The van der Waals surface area contributed by atoms with Crippen molar-refractivity contribution in [2.24, 2.45) is 0 Å². The monoisotopic (exact) mass is 414 g/mol. The fourth-order valence-electron chi connectivity index (χ4n) is 2.48. The fraction of sp³-hybridized carbons (Fsp3) is 0. The van der Waals surface area contributed by atoms with Crippen molar-refractivity contribution in [2.75, 3.05) is 7.71 Å². The molecule has 0 bridgehead atoms. The van der Waals surface area contributed by atoms with Crippen molar-refractivity contribution in [2.45, 2.75) is 0 Å². The summed E-state index contributed by atoms with van der Waals surface area (Å²) in [5, 5.41) is 0. The first-order chi connectivity index (χ1) is 13.4. The number of aromatic nitrogens is 4. The molecule has 130 valence electrons. The van der Waals surface area contributed by atoms with Crippen LogP contribution < -0.4 is 7.71 Å². The molecule has 6 nitrogen and oxygen atoms in total. The second-order valence-electron chi connectivity index (χ2n) is 5.52. The molecule has 2 radical (unpaired) electrons. The van der Waals surface area contributed by atoms with Crippen LogP contribution in [0.1, 0.15) is 0 Å². The predicted molar refractivity (Wildman–Crippen MR) is 107 cm³/mol. The Morgan fingerprint density at radius 1 is 0.444 bits per heavy atom. The van der Waals surface area contributed by atoms with Gasteiger partial charge in [0.1, 0.15) is 0 Å². The third kappa shape index (κ3) is 4.12. The average molecular weight is 413 g/mol. The van der Waals surface area contributed by atoms with Crippen LogP contribution in [0.5, 0.6) is 0 Å². The summed E-state index contributed by atoms with van der Waals surface area (Å²) >= 11 is -0.977. The van der Waals surface area contributed by atoms with Gasteiger partial charge >= 0.3 is 164 Å². The van der Waals surface area contributed by atoms with E-state index in [1.54, 1.807) is 24.8 Å². The van der Waals surface area contributed by atoms with Crippen molar-refractivity contribution in [3.05, 3.63) is 97.6 Å². The van der Waals surface area contributed by atoms with Crippen molar-refractivity contribution in [3.8, 4) is 0 Å². The summed E-state index contributed by atoms with van der Waals surface area (Å²) in [6.45, 7) is 0. The van der Waals surface area contributed by atoms with Gasteiger partial charge in [-0.05, 0) is 0 Å². The van der Waals surface area contributed by atoms with Gasteiger partial charge in [0.15, 0.2) is 0 Å². The van der Waals surface area contributed by atoms with E-state index in [1.807, 2.05) is 72.8 Å². The van der Waals surface area contributed by atoms with Gasteiger partial charge in [-0.15, -0.1) is 0 Å². The van der Waals surface area contributed by atoms with Crippen LogP contribution in [-0.2, 0) is 0 Å². The Balaban J connectivity index is 1.77. The van der Waals surface area contributed by atoms with Gasteiger partial charge in [-0.1, -0.05) is 0 Å². The van der Waals surface area contributed by atoms with Crippen LogP contribution in [0.15, 0.2) is 97.6 Å². The molecule has 0 amide bonds. The Morgan fingerprint density at radius 2 is 0.741 bits per heavy atom. The third-order valence-electron chi connectivity index (χ3n) is 3.71. The molecule has 4 aromatic heterocycles. The van der Waals surface area contributed by atoms with Gasteiger partial charge in [-0.3, -0.25) is 0 Å². The van der Waals surface area contributed by atoms with Crippen LogP contribution in [0.3, 0.4) is 0 Å². The standard InChI is InChI=1S/C20H16GeN6/c1-5-13-22-17(9-1)26(18-10-2-6-14-23-18)21-27(19-11-3-7-15-24-19)20-12-4-8-16-25-20/h1-16H. The van der Waals surface area contributed by atoms with Gasteiger partial charge in [0.25, 0.3) is 0 Å². The van der Waals surface area contributed by atoms with E-state index in [2.05, 4.69) is 27.6 Å². The van der Waals surface area contributed by atoms with Crippen molar-refractivity contribution < 1.29 is 0 Å². The minimum absolute atomic E-state index is 0.855. The summed E-state index contributed by atoms with van der Waals surface area (Å²) < 4.78 is 4.31. The third-order valence-corrected chi connectivity index (χ3v) is 6.48. The zero-order valence-electron chi connectivity index (χ0n) is 14.4. The van der Waals surface area contributed by atoms with Crippen LogP contribution in [0.4, 0.5) is 23.3 Å². The maximum atomic E-state index is 4.55. The van der Waals surface area contributed by atoms with Gasteiger partial charge < -0.3 is 0 Å². The normalized spacial score (nSPS) is 10.4. The molecule has 0 spiro atoms. The molecular formula is C20H16GeN6. The van der Waals surface area contributed by atoms with Crippen LogP contribution in [0.2, 0.25) is 0 Å². The summed E-state index contributed by atoms with van der Waals surface area (Å²) in [4.78, 5) is 18.2. The number of nitrogens with zero attached hydrogens (tertiary/aromatic N) is 6. The SMILES string of the molecule is c1ccc([N]([Ge][N](c2ccccn2)c2ccccn2)c2ccccn2)nc1. The topological polar surface area (TPSA) is 58.0 Å². The molecule has 0 saturated heterocycles. The molecule has 0 fully saturated rings. The molecule has 0 aromatic carbocycles. The molecule has 0 atom stereocenters. The first kappa shape index (κ1) is 17.2. The fourth-order valence-corrected chi connectivity index (χ4v) is 4.87. The molecule has 27 heavy (non-hydrogen) atoms. The average Bonchev–Trinajstić information content (AvgIpc) is 2.77.